The number of anilines is 1. The molecule has 2 aromatic carbocycles. The summed E-state index contributed by atoms with van der Waals surface area (Å²) >= 11 is 3.35. The van der Waals surface area contributed by atoms with Crippen molar-refractivity contribution in [1.29, 1.82) is 0 Å². The molecule has 152 valence electrons. The molecule has 7 heteroatoms. The van der Waals surface area contributed by atoms with Crippen molar-refractivity contribution in [2.24, 2.45) is 0 Å². The predicted molar refractivity (Wildman–Crippen MR) is 114 cm³/mol. The van der Waals surface area contributed by atoms with Gasteiger partial charge < -0.3 is 9.52 Å². The molecule has 5 nitrogen and oxygen atoms in total. The number of amides is 1. The number of nitrogens with zero attached hydrogens (tertiary/aromatic N) is 1. The van der Waals surface area contributed by atoms with E-state index in [1.807, 2.05) is 0 Å². The van der Waals surface area contributed by atoms with E-state index < -0.39 is 23.5 Å². The third-order valence-electron chi connectivity index (χ3n) is 5.01. The molecule has 1 aliphatic rings. The van der Waals surface area contributed by atoms with E-state index in [9.17, 15) is 19.1 Å². The molecule has 0 spiro atoms. The molecular formula is C23H17BrFNO4. The number of rotatable bonds is 3. The van der Waals surface area contributed by atoms with Crippen LogP contribution in [0.15, 0.2) is 69.1 Å². The van der Waals surface area contributed by atoms with Crippen molar-refractivity contribution in [3.63, 3.8) is 0 Å². The minimum absolute atomic E-state index is 0.108. The van der Waals surface area contributed by atoms with Crippen LogP contribution in [-0.2, 0) is 9.59 Å². The molecule has 1 amide bonds. The average molecular weight is 470 g/mol. The Bertz CT molecular complexity index is 1200. The Hall–Kier alpha value is -3.19. The highest BCUT2D eigenvalue weighted by molar-refractivity contribution is 9.10. The van der Waals surface area contributed by atoms with Crippen molar-refractivity contribution in [2.45, 2.75) is 19.9 Å². The molecule has 1 N–H and O–H groups in total. The van der Waals surface area contributed by atoms with Gasteiger partial charge in [0.25, 0.3) is 11.7 Å². The van der Waals surface area contributed by atoms with Gasteiger partial charge in [0.2, 0.25) is 0 Å². The Morgan fingerprint density at radius 1 is 1.07 bits per heavy atom. The number of carbonyl (C=O) groups excluding carboxylic acids is 2. The summed E-state index contributed by atoms with van der Waals surface area (Å²) < 4.78 is 20.2. The summed E-state index contributed by atoms with van der Waals surface area (Å²) in [5.41, 5.74) is 0.930. The van der Waals surface area contributed by atoms with Crippen LogP contribution in [0.5, 0.6) is 0 Å². The maximum absolute atomic E-state index is 13.7. The third-order valence-corrected chi connectivity index (χ3v) is 5.54. The van der Waals surface area contributed by atoms with Crippen molar-refractivity contribution in [3.8, 4) is 0 Å². The Labute approximate surface area is 180 Å². The highest BCUT2D eigenvalue weighted by Crippen LogP contribution is 2.42. The average Bonchev–Trinajstić information content (AvgIpc) is 3.26. The summed E-state index contributed by atoms with van der Waals surface area (Å²) in [6, 6.07) is 13.3. The fourth-order valence-electron chi connectivity index (χ4n) is 3.52. The van der Waals surface area contributed by atoms with Crippen LogP contribution in [0.3, 0.4) is 0 Å². The third kappa shape index (κ3) is 3.35. The number of halogens is 2. The van der Waals surface area contributed by atoms with Crippen molar-refractivity contribution >= 4 is 39.1 Å². The zero-order valence-corrected chi connectivity index (χ0v) is 17.7. The largest absolute Gasteiger partial charge is 0.507 e. The number of furan rings is 1. The summed E-state index contributed by atoms with van der Waals surface area (Å²) in [6.07, 6.45) is 0. The van der Waals surface area contributed by atoms with Gasteiger partial charge in [-0.2, -0.15) is 0 Å². The normalized spacial score (nSPS) is 18.3. The van der Waals surface area contributed by atoms with Crippen LogP contribution in [0, 0.1) is 19.7 Å². The first-order valence-electron chi connectivity index (χ1n) is 9.17. The maximum Gasteiger partial charge on any atom is 0.300 e. The molecule has 2 heterocycles. The Morgan fingerprint density at radius 3 is 2.37 bits per heavy atom. The summed E-state index contributed by atoms with van der Waals surface area (Å²) in [4.78, 5) is 27.2. The molecule has 0 aliphatic carbocycles. The van der Waals surface area contributed by atoms with Gasteiger partial charge in [-0.15, -0.1) is 0 Å². The van der Waals surface area contributed by atoms with Crippen molar-refractivity contribution in [3.05, 3.63) is 93.1 Å². The van der Waals surface area contributed by atoms with Gasteiger partial charge in [0.15, 0.2) is 0 Å². The predicted octanol–water partition coefficient (Wildman–Crippen LogP) is 5.42. The number of aryl methyl sites for hydroxylation is 2. The second kappa shape index (κ2) is 7.57. The number of ketones is 1. The molecule has 1 aliphatic heterocycles. The summed E-state index contributed by atoms with van der Waals surface area (Å²) in [6.45, 7) is 3.30. The Kier molecular flexibility index (Phi) is 5.07. The van der Waals surface area contributed by atoms with Crippen LogP contribution >= 0.6 is 15.9 Å². The summed E-state index contributed by atoms with van der Waals surface area (Å²) in [5, 5.41) is 11.0. The summed E-state index contributed by atoms with van der Waals surface area (Å²) in [7, 11) is 0. The zero-order valence-electron chi connectivity index (χ0n) is 16.1. The van der Waals surface area contributed by atoms with Crippen LogP contribution in [-0.4, -0.2) is 16.8 Å². The Morgan fingerprint density at radius 2 is 1.77 bits per heavy atom. The number of aliphatic hydroxyl groups excluding tert-OH is 1. The SMILES string of the molecule is Cc1ccc(C2/C(=C(/O)c3ccc(F)c(C)c3)C(=O)C(=O)N2c2ccc(Br)cc2)o1. The van der Waals surface area contributed by atoms with Crippen LogP contribution in [0.4, 0.5) is 10.1 Å². The number of aliphatic hydroxyl groups is 1. The van der Waals surface area contributed by atoms with Gasteiger partial charge >= 0.3 is 0 Å². The van der Waals surface area contributed by atoms with Gasteiger partial charge in [0.05, 0.1) is 5.57 Å². The molecule has 1 unspecified atom stereocenters. The number of carbonyl (C=O) groups is 2. The van der Waals surface area contributed by atoms with E-state index >= 15 is 0 Å². The standard InChI is InChI=1S/C23H17BrFNO4/c1-12-11-14(4-9-17(12)25)21(27)19-20(18-10-3-13(2)30-18)26(23(29)22(19)28)16-7-5-15(24)6-8-16/h3-11,20,27H,1-2H3/b21-19-. The second-order valence-corrected chi connectivity index (χ2v) is 7.97. The molecule has 3 aromatic rings. The molecule has 0 radical (unpaired) electrons. The van der Waals surface area contributed by atoms with Gasteiger partial charge in [-0.25, -0.2) is 4.39 Å². The first kappa shape index (κ1) is 20.1. The smallest absolute Gasteiger partial charge is 0.300 e. The van der Waals surface area contributed by atoms with Crippen molar-refractivity contribution in [1.82, 2.24) is 0 Å². The lowest BCUT2D eigenvalue weighted by Crippen LogP contribution is -2.29. The minimum atomic E-state index is -0.953. The van der Waals surface area contributed by atoms with Crippen LogP contribution < -0.4 is 4.90 Å². The van der Waals surface area contributed by atoms with Crippen LogP contribution in [0.1, 0.15) is 28.7 Å². The van der Waals surface area contributed by atoms with Crippen LogP contribution in [0.2, 0.25) is 0 Å². The van der Waals surface area contributed by atoms with Gasteiger partial charge in [-0.1, -0.05) is 15.9 Å². The molecule has 1 atom stereocenters. The molecule has 0 saturated carbocycles. The van der Waals surface area contributed by atoms with Gasteiger partial charge in [0.1, 0.15) is 29.1 Å². The lowest BCUT2D eigenvalue weighted by Gasteiger charge is -2.23. The monoisotopic (exact) mass is 469 g/mol. The molecule has 30 heavy (non-hydrogen) atoms. The fraction of sp³-hybridized carbons (Fsp3) is 0.130. The first-order valence-corrected chi connectivity index (χ1v) is 9.96. The topological polar surface area (TPSA) is 70.8 Å². The number of Topliss-reactive ketones (excluding diaryl/α,β-unsaturated/α-hetero) is 1. The number of hydrogen-bond acceptors (Lipinski definition) is 4. The van der Waals surface area contributed by atoms with E-state index in [1.165, 1.54) is 23.1 Å². The molecule has 1 fully saturated rings. The zero-order chi connectivity index (χ0) is 21.6. The second-order valence-electron chi connectivity index (χ2n) is 7.06. The van der Waals surface area contributed by atoms with E-state index in [1.54, 1.807) is 50.2 Å². The van der Waals surface area contributed by atoms with Crippen molar-refractivity contribution < 1.29 is 23.5 Å². The van der Waals surface area contributed by atoms with E-state index in [0.717, 1.165) is 4.47 Å². The van der Waals surface area contributed by atoms with Crippen LogP contribution in [0.25, 0.3) is 5.76 Å². The number of hydrogen-bond donors (Lipinski definition) is 1. The molecule has 1 aromatic heterocycles. The highest BCUT2D eigenvalue weighted by atomic mass is 79.9. The van der Waals surface area contributed by atoms with E-state index in [0.29, 0.717) is 22.8 Å². The Balaban J connectivity index is 1.94. The number of benzene rings is 2. The molecule has 1 saturated heterocycles. The quantitative estimate of drug-likeness (QED) is 0.315. The van der Waals surface area contributed by atoms with Gasteiger partial charge in [0, 0.05) is 15.7 Å². The maximum atomic E-state index is 13.7. The van der Waals surface area contributed by atoms with Gasteiger partial charge in [-0.05, 0) is 74.0 Å². The molecule has 4 rings (SSSR count). The fourth-order valence-corrected chi connectivity index (χ4v) is 3.78. The summed E-state index contributed by atoms with van der Waals surface area (Å²) in [5.74, 6) is -1.48. The molecule has 0 bridgehead atoms. The minimum Gasteiger partial charge on any atom is -0.507 e. The van der Waals surface area contributed by atoms with E-state index in [4.69, 9.17) is 4.42 Å². The first-order chi connectivity index (χ1) is 14.3. The molecular weight excluding hydrogens is 453 g/mol. The van der Waals surface area contributed by atoms with E-state index in [-0.39, 0.29) is 16.9 Å². The lowest BCUT2D eigenvalue weighted by molar-refractivity contribution is -0.132. The lowest BCUT2D eigenvalue weighted by atomic mass is 9.98. The highest BCUT2D eigenvalue weighted by Gasteiger charge is 2.48. The van der Waals surface area contributed by atoms with E-state index in [2.05, 4.69) is 15.9 Å². The van der Waals surface area contributed by atoms with Crippen molar-refractivity contribution in [2.75, 3.05) is 4.90 Å². The van der Waals surface area contributed by atoms with Gasteiger partial charge in [-0.3, -0.25) is 14.5 Å².